The van der Waals surface area contributed by atoms with Crippen LogP contribution in [0.5, 0.6) is 0 Å². The molecule has 0 aliphatic rings. The van der Waals surface area contributed by atoms with E-state index in [-0.39, 0.29) is 0 Å². The van der Waals surface area contributed by atoms with E-state index >= 15 is 0 Å². The average Bonchev–Trinajstić information content (AvgIpc) is 2.04. The highest BCUT2D eigenvalue weighted by atomic mass is 16.4. The number of carbonyl (C=O) groups is 2. The van der Waals surface area contributed by atoms with Gasteiger partial charge in [0.15, 0.2) is 0 Å². The Morgan fingerprint density at radius 3 is 2.23 bits per heavy atom. The predicted octanol–water partition coefficient (Wildman–Crippen LogP) is 1.43. The Bertz CT molecular complexity index is 293. The van der Waals surface area contributed by atoms with E-state index in [9.17, 15) is 4.79 Å². The molecule has 4 heteroatoms. The van der Waals surface area contributed by atoms with Gasteiger partial charge in [-0.1, -0.05) is 24.3 Å². The zero-order valence-electron chi connectivity index (χ0n) is 7.23. The minimum Gasteiger partial charge on any atom is -0.465 e. The van der Waals surface area contributed by atoms with Crippen molar-refractivity contribution in [2.45, 2.75) is 6.92 Å². The van der Waals surface area contributed by atoms with Gasteiger partial charge in [0.25, 0.3) is 0 Å². The molecule has 4 nitrogen and oxygen atoms in total. The predicted molar refractivity (Wildman–Crippen MR) is 48.8 cm³/mol. The molecule has 0 aliphatic heterocycles. The Balaban J connectivity index is 0.000000310. The van der Waals surface area contributed by atoms with Crippen molar-refractivity contribution >= 4 is 12.4 Å². The van der Waals surface area contributed by atoms with Gasteiger partial charge >= 0.3 is 6.09 Å². The Hall–Kier alpha value is -1.84. The summed E-state index contributed by atoms with van der Waals surface area (Å²) in [7, 11) is 0. The molecule has 0 heterocycles. The van der Waals surface area contributed by atoms with Crippen LogP contribution >= 0.6 is 0 Å². The molecule has 0 saturated carbocycles. The summed E-state index contributed by atoms with van der Waals surface area (Å²) in [6, 6.07) is 7.51. The van der Waals surface area contributed by atoms with Crippen LogP contribution in [-0.4, -0.2) is 17.5 Å². The molecule has 0 aliphatic carbocycles. The van der Waals surface area contributed by atoms with E-state index in [4.69, 9.17) is 9.90 Å². The highest BCUT2D eigenvalue weighted by Crippen LogP contribution is 2.02. The second-order valence-corrected chi connectivity index (χ2v) is 2.31. The van der Waals surface area contributed by atoms with Crippen molar-refractivity contribution in [2.24, 2.45) is 5.73 Å². The Morgan fingerprint density at radius 2 is 1.92 bits per heavy atom. The van der Waals surface area contributed by atoms with Crippen molar-refractivity contribution in [1.82, 2.24) is 0 Å². The van der Waals surface area contributed by atoms with Gasteiger partial charge < -0.3 is 10.8 Å². The molecule has 1 aromatic carbocycles. The summed E-state index contributed by atoms with van der Waals surface area (Å²) in [5, 5.41) is 7.19. The van der Waals surface area contributed by atoms with Gasteiger partial charge in [0.05, 0.1) is 0 Å². The highest BCUT2D eigenvalue weighted by molar-refractivity contribution is 5.76. The molecule has 0 saturated heterocycles. The Morgan fingerprint density at radius 1 is 1.46 bits per heavy atom. The molecule has 1 rings (SSSR count). The maximum atomic E-state index is 10.2. The van der Waals surface area contributed by atoms with Crippen LogP contribution in [0.1, 0.15) is 15.9 Å². The van der Waals surface area contributed by atoms with Crippen LogP contribution in [0.2, 0.25) is 0 Å². The van der Waals surface area contributed by atoms with Gasteiger partial charge in [0.1, 0.15) is 6.29 Å². The molecular weight excluding hydrogens is 170 g/mol. The number of amides is 1. The van der Waals surface area contributed by atoms with E-state index in [1.54, 1.807) is 0 Å². The summed E-state index contributed by atoms with van der Waals surface area (Å²) in [4.78, 5) is 19.0. The number of aldehydes is 1. The van der Waals surface area contributed by atoms with Crippen LogP contribution in [0.3, 0.4) is 0 Å². The lowest BCUT2D eigenvalue weighted by atomic mass is 10.1. The van der Waals surface area contributed by atoms with Gasteiger partial charge in [-0.2, -0.15) is 0 Å². The van der Waals surface area contributed by atoms with Crippen molar-refractivity contribution in [3.8, 4) is 0 Å². The molecule has 0 spiro atoms. The summed E-state index contributed by atoms with van der Waals surface area (Å²) >= 11 is 0. The molecule has 0 bridgehead atoms. The molecule has 0 fully saturated rings. The number of primary amides is 1. The highest BCUT2D eigenvalue weighted by Gasteiger charge is 1.90. The fourth-order valence-corrected chi connectivity index (χ4v) is 0.719. The summed E-state index contributed by atoms with van der Waals surface area (Å²) < 4.78 is 0. The first-order valence-electron chi connectivity index (χ1n) is 3.57. The smallest absolute Gasteiger partial charge is 0.402 e. The Kier molecular flexibility index (Phi) is 4.95. The van der Waals surface area contributed by atoms with Crippen LogP contribution in [0, 0.1) is 6.92 Å². The van der Waals surface area contributed by atoms with Crippen LogP contribution in [0.25, 0.3) is 0 Å². The third-order valence-electron chi connectivity index (χ3n) is 1.32. The summed E-state index contributed by atoms with van der Waals surface area (Å²) in [6.45, 7) is 1.92. The van der Waals surface area contributed by atoms with Crippen molar-refractivity contribution in [3.05, 3.63) is 35.4 Å². The molecule has 0 aromatic heterocycles. The van der Waals surface area contributed by atoms with Gasteiger partial charge in [-0.05, 0) is 12.5 Å². The number of hydrogen-bond donors (Lipinski definition) is 2. The third kappa shape index (κ3) is 5.43. The SMILES string of the molecule is Cc1ccccc1C=O.NC(=O)O. The largest absolute Gasteiger partial charge is 0.465 e. The van der Waals surface area contributed by atoms with Gasteiger partial charge in [0.2, 0.25) is 0 Å². The summed E-state index contributed by atoms with van der Waals surface area (Å²) in [6.07, 6.45) is -0.463. The third-order valence-corrected chi connectivity index (χ3v) is 1.32. The van der Waals surface area contributed by atoms with Crippen molar-refractivity contribution in [3.63, 3.8) is 0 Å². The number of aryl methyl sites for hydroxylation is 1. The molecule has 3 N–H and O–H groups in total. The van der Waals surface area contributed by atoms with Crippen LogP contribution < -0.4 is 5.73 Å². The number of benzene rings is 1. The number of carboxylic acid groups (broad SMARTS) is 1. The molecular formula is C9H11NO3. The minimum atomic E-state index is -1.33. The lowest BCUT2D eigenvalue weighted by Gasteiger charge is -1.92. The normalized spacial score (nSPS) is 8.08. The van der Waals surface area contributed by atoms with Crippen LogP contribution in [0.15, 0.2) is 24.3 Å². The maximum Gasteiger partial charge on any atom is 0.402 e. The van der Waals surface area contributed by atoms with E-state index in [0.717, 1.165) is 17.4 Å². The first-order chi connectivity index (χ1) is 6.07. The standard InChI is InChI=1S/C8H8O.CH3NO2/c1-7-4-2-3-5-8(7)6-9;2-1(3)4/h2-6H,1H3;2H2,(H,3,4). The fourth-order valence-electron chi connectivity index (χ4n) is 0.719. The fraction of sp³-hybridized carbons (Fsp3) is 0.111. The van der Waals surface area contributed by atoms with E-state index in [1.807, 2.05) is 31.2 Å². The quantitative estimate of drug-likeness (QED) is 0.643. The van der Waals surface area contributed by atoms with Crippen molar-refractivity contribution in [2.75, 3.05) is 0 Å². The van der Waals surface area contributed by atoms with Crippen LogP contribution in [0.4, 0.5) is 4.79 Å². The second kappa shape index (κ2) is 5.77. The summed E-state index contributed by atoms with van der Waals surface area (Å²) in [5.41, 5.74) is 5.84. The first-order valence-corrected chi connectivity index (χ1v) is 3.57. The molecule has 70 valence electrons. The monoisotopic (exact) mass is 181 g/mol. The lowest BCUT2D eigenvalue weighted by Crippen LogP contribution is -2.03. The molecule has 0 unspecified atom stereocenters. The average molecular weight is 181 g/mol. The van der Waals surface area contributed by atoms with E-state index in [1.165, 1.54) is 0 Å². The lowest BCUT2D eigenvalue weighted by molar-refractivity contribution is 0.112. The number of carbonyl (C=O) groups excluding carboxylic acids is 1. The molecule has 0 radical (unpaired) electrons. The Labute approximate surface area is 76.0 Å². The van der Waals surface area contributed by atoms with Crippen molar-refractivity contribution < 1.29 is 14.7 Å². The molecule has 1 aromatic rings. The van der Waals surface area contributed by atoms with Gasteiger partial charge in [-0.15, -0.1) is 0 Å². The topological polar surface area (TPSA) is 80.4 Å². The van der Waals surface area contributed by atoms with E-state index < -0.39 is 6.09 Å². The van der Waals surface area contributed by atoms with Crippen LogP contribution in [-0.2, 0) is 0 Å². The minimum absolute atomic E-state index is 0.775. The summed E-state index contributed by atoms with van der Waals surface area (Å²) in [5.74, 6) is 0. The first kappa shape index (κ1) is 11.2. The van der Waals surface area contributed by atoms with Gasteiger partial charge in [-0.3, -0.25) is 4.79 Å². The van der Waals surface area contributed by atoms with Crippen molar-refractivity contribution in [1.29, 1.82) is 0 Å². The number of nitrogens with two attached hydrogens (primary N) is 1. The maximum absolute atomic E-state index is 10.2. The molecule has 0 atom stereocenters. The zero-order chi connectivity index (χ0) is 10.3. The second-order valence-electron chi connectivity index (χ2n) is 2.31. The molecule has 1 amide bonds. The van der Waals surface area contributed by atoms with Gasteiger partial charge in [0, 0.05) is 5.56 Å². The zero-order valence-corrected chi connectivity index (χ0v) is 7.23. The number of hydrogen-bond acceptors (Lipinski definition) is 2. The van der Waals surface area contributed by atoms with E-state index in [2.05, 4.69) is 5.73 Å². The molecule has 13 heavy (non-hydrogen) atoms. The number of rotatable bonds is 1. The van der Waals surface area contributed by atoms with Gasteiger partial charge in [-0.25, -0.2) is 4.79 Å². The van der Waals surface area contributed by atoms with E-state index in [0.29, 0.717) is 0 Å².